The van der Waals surface area contributed by atoms with Gasteiger partial charge in [-0.25, -0.2) is 9.55 Å². The fourth-order valence-electron chi connectivity index (χ4n) is 3.67. The summed E-state index contributed by atoms with van der Waals surface area (Å²) < 4.78 is 12.3. The van der Waals surface area contributed by atoms with Gasteiger partial charge in [0.1, 0.15) is 22.0 Å². The van der Waals surface area contributed by atoms with Crippen LogP contribution in [0.1, 0.15) is 25.8 Å². The second-order valence-electron chi connectivity index (χ2n) is 7.37. The molecule has 32 heavy (non-hydrogen) atoms. The molecule has 2 aromatic carbocycles. The largest absolute Gasteiger partial charge is 0.495 e. The number of H-pyrrole nitrogens is 1. The molecule has 0 spiro atoms. The van der Waals surface area contributed by atoms with Crippen molar-refractivity contribution in [2.75, 3.05) is 13.7 Å². The number of aromatic amines is 1. The molecule has 0 bridgehead atoms. The molecule has 2 heterocycles. The average Bonchev–Trinajstić information content (AvgIpc) is 3.17. The van der Waals surface area contributed by atoms with Crippen LogP contribution < -0.4 is 10.3 Å². The van der Waals surface area contributed by atoms with Crippen molar-refractivity contribution >= 4 is 39.7 Å². The standard InChI is InChI=1S/C24H25N3O4S/c1-5-19(23(29)31-6-2)32-24-26-20-15-9-7-8-10-16(15)25-21(20)22(28)27(24)17-13-14(3)11-12-18(17)30-4/h7-13,19,25H,5-6H2,1-4H3. The number of aryl methyl sites for hydroxylation is 1. The first-order chi connectivity index (χ1) is 15.5. The minimum atomic E-state index is -0.494. The maximum Gasteiger partial charge on any atom is 0.319 e. The number of nitrogens with one attached hydrogen (secondary N) is 1. The number of carbonyl (C=O) groups excluding carboxylic acids is 1. The van der Waals surface area contributed by atoms with Crippen LogP contribution in [0.25, 0.3) is 27.6 Å². The molecule has 0 aliphatic carbocycles. The van der Waals surface area contributed by atoms with Crippen molar-refractivity contribution < 1.29 is 14.3 Å². The maximum absolute atomic E-state index is 13.8. The fourth-order valence-corrected chi connectivity index (χ4v) is 4.69. The molecule has 7 nitrogen and oxygen atoms in total. The fraction of sp³-hybridized carbons (Fsp3) is 0.292. The lowest BCUT2D eigenvalue weighted by molar-refractivity contribution is -0.142. The number of benzene rings is 2. The van der Waals surface area contributed by atoms with Crippen molar-refractivity contribution in [3.05, 3.63) is 58.4 Å². The van der Waals surface area contributed by atoms with Gasteiger partial charge in [0.25, 0.3) is 5.56 Å². The first kappa shape index (κ1) is 22.0. The van der Waals surface area contributed by atoms with Crippen LogP contribution in [0.4, 0.5) is 0 Å². The number of aromatic nitrogens is 3. The maximum atomic E-state index is 13.8. The number of ether oxygens (including phenoxy) is 2. The minimum Gasteiger partial charge on any atom is -0.495 e. The summed E-state index contributed by atoms with van der Waals surface area (Å²) in [6.07, 6.45) is 0.538. The van der Waals surface area contributed by atoms with Gasteiger partial charge in [0.05, 0.1) is 19.4 Å². The SMILES string of the molecule is CCOC(=O)C(CC)Sc1nc2c([nH]c3ccccc32)c(=O)n1-c1cc(C)ccc1OC. The molecule has 2 aromatic heterocycles. The third-order valence-corrected chi connectivity index (χ3v) is 6.53. The van der Waals surface area contributed by atoms with Crippen LogP contribution >= 0.6 is 11.8 Å². The average molecular weight is 452 g/mol. The van der Waals surface area contributed by atoms with Crippen molar-refractivity contribution in [1.29, 1.82) is 0 Å². The van der Waals surface area contributed by atoms with Gasteiger partial charge in [-0.05, 0) is 44.0 Å². The van der Waals surface area contributed by atoms with Crippen LogP contribution in [0.2, 0.25) is 0 Å². The number of nitrogens with zero attached hydrogens (tertiary/aromatic N) is 2. The molecule has 1 atom stereocenters. The molecule has 166 valence electrons. The Morgan fingerprint density at radius 2 is 2.00 bits per heavy atom. The monoisotopic (exact) mass is 451 g/mol. The molecule has 1 N–H and O–H groups in total. The molecule has 0 saturated carbocycles. The molecular weight excluding hydrogens is 426 g/mol. The number of rotatable bonds is 7. The normalized spacial score (nSPS) is 12.2. The summed E-state index contributed by atoms with van der Waals surface area (Å²) in [6.45, 7) is 5.93. The molecule has 0 amide bonds. The van der Waals surface area contributed by atoms with Gasteiger partial charge >= 0.3 is 5.97 Å². The molecule has 0 aliphatic rings. The van der Waals surface area contributed by atoms with Crippen LogP contribution in [0.5, 0.6) is 5.75 Å². The molecule has 0 saturated heterocycles. The van der Waals surface area contributed by atoms with Gasteiger partial charge in [0.15, 0.2) is 5.16 Å². The molecule has 0 fully saturated rings. The van der Waals surface area contributed by atoms with E-state index in [4.69, 9.17) is 14.5 Å². The minimum absolute atomic E-state index is 0.253. The Hall–Kier alpha value is -3.26. The summed E-state index contributed by atoms with van der Waals surface area (Å²) in [5, 5.41) is 0.775. The predicted octanol–water partition coefficient (Wildman–Crippen LogP) is 4.62. The van der Waals surface area contributed by atoms with Gasteiger partial charge in [-0.15, -0.1) is 0 Å². The second-order valence-corrected chi connectivity index (χ2v) is 8.54. The zero-order chi connectivity index (χ0) is 22.8. The van der Waals surface area contributed by atoms with E-state index in [0.29, 0.717) is 40.7 Å². The number of esters is 1. The molecule has 0 aliphatic heterocycles. The van der Waals surface area contributed by atoms with Gasteiger partial charge in [-0.2, -0.15) is 0 Å². The molecule has 8 heteroatoms. The van der Waals surface area contributed by atoms with Crippen molar-refractivity contribution in [3.8, 4) is 11.4 Å². The second kappa shape index (κ2) is 9.08. The Morgan fingerprint density at radius 3 is 2.72 bits per heavy atom. The lowest BCUT2D eigenvalue weighted by Crippen LogP contribution is -2.25. The number of fused-ring (bicyclic) bond motifs is 3. The topological polar surface area (TPSA) is 86.2 Å². The van der Waals surface area contributed by atoms with E-state index in [2.05, 4.69) is 4.98 Å². The van der Waals surface area contributed by atoms with Crippen LogP contribution in [0.15, 0.2) is 52.4 Å². The van der Waals surface area contributed by atoms with Crippen LogP contribution in [-0.2, 0) is 9.53 Å². The Balaban J connectivity index is 2.02. The number of thioether (sulfide) groups is 1. The van der Waals surface area contributed by atoms with Crippen LogP contribution in [-0.4, -0.2) is 39.5 Å². The summed E-state index contributed by atoms with van der Waals surface area (Å²) in [7, 11) is 1.56. The van der Waals surface area contributed by atoms with Gasteiger partial charge < -0.3 is 14.5 Å². The summed E-state index contributed by atoms with van der Waals surface area (Å²) in [4.78, 5) is 34.4. The summed E-state index contributed by atoms with van der Waals surface area (Å²) >= 11 is 1.23. The van der Waals surface area contributed by atoms with Crippen molar-refractivity contribution in [3.63, 3.8) is 0 Å². The molecular formula is C24H25N3O4S. The van der Waals surface area contributed by atoms with Gasteiger partial charge in [0.2, 0.25) is 0 Å². The Kier molecular flexibility index (Phi) is 6.23. The van der Waals surface area contributed by atoms with Gasteiger partial charge in [0, 0.05) is 10.9 Å². The molecule has 4 rings (SSSR count). The van der Waals surface area contributed by atoms with E-state index in [1.807, 2.05) is 56.3 Å². The zero-order valence-electron chi connectivity index (χ0n) is 18.5. The third-order valence-electron chi connectivity index (χ3n) is 5.24. The number of methoxy groups -OCH3 is 1. The summed E-state index contributed by atoms with van der Waals surface area (Å²) in [5.41, 5.74) is 3.10. The van der Waals surface area contributed by atoms with Crippen LogP contribution in [0.3, 0.4) is 0 Å². The Labute approximate surface area is 189 Å². The first-order valence-electron chi connectivity index (χ1n) is 10.5. The van der Waals surface area contributed by atoms with E-state index in [9.17, 15) is 9.59 Å². The lowest BCUT2D eigenvalue weighted by Gasteiger charge is -2.18. The smallest absolute Gasteiger partial charge is 0.319 e. The first-order valence-corrected chi connectivity index (χ1v) is 11.4. The van der Waals surface area contributed by atoms with Crippen molar-refractivity contribution in [1.82, 2.24) is 14.5 Å². The highest BCUT2D eigenvalue weighted by molar-refractivity contribution is 8.00. The van der Waals surface area contributed by atoms with E-state index in [1.165, 1.54) is 16.3 Å². The van der Waals surface area contributed by atoms with Gasteiger partial charge in [-0.3, -0.25) is 9.59 Å². The number of para-hydroxylation sites is 1. The predicted molar refractivity (Wildman–Crippen MR) is 127 cm³/mol. The highest BCUT2D eigenvalue weighted by Gasteiger charge is 2.25. The Morgan fingerprint density at radius 1 is 1.22 bits per heavy atom. The lowest BCUT2D eigenvalue weighted by atomic mass is 10.2. The van der Waals surface area contributed by atoms with E-state index in [0.717, 1.165) is 16.5 Å². The molecule has 4 aromatic rings. The highest BCUT2D eigenvalue weighted by atomic mass is 32.2. The number of carbonyl (C=O) groups is 1. The highest BCUT2D eigenvalue weighted by Crippen LogP contribution is 2.32. The van der Waals surface area contributed by atoms with E-state index < -0.39 is 5.25 Å². The third kappa shape index (κ3) is 3.86. The number of hydrogen-bond donors (Lipinski definition) is 1. The van der Waals surface area contributed by atoms with E-state index in [1.54, 1.807) is 14.0 Å². The quantitative estimate of drug-likeness (QED) is 0.251. The van der Waals surface area contributed by atoms with E-state index >= 15 is 0 Å². The van der Waals surface area contributed by atoms with Crippen molar-refractivity contribution in [2.45, 2.75) is 37.6 Å². The zero-order valence-corrected chi connectivity index (χ0v) is 19.3. The summed E-state index contributed by atoms with van der Waals surface area (Å²) in [6, 6.07) is 13.3. The van der Waals surface area contributed by atoms with Crippen molar-refractivity contribution in [2.24, 2.45) is 0 Å². The van der Waals surface area contributed by atoms with Gasteiger partial charge in [-0.1, -0.05) is 43.0 Å². The molecule has 1 unspecified atom stereocenters. The van der Waals surface area contributed by atoms with Crippen LogP contribution in [0, 0.1) is 6.92 Å². The Bertz CT molecular complexity index is 1360. The summed E-state index contributed by atoms with van der Waals surface area (Å²) in [5.74, 6) is 0.219. The molecule has 0 radical (unpaired) electrons. The van der Waals surface area contributed by atoms with E-state index in [-0.39, 0.29) is 11.5 Å². The number of hydrogen-bond acceptors (Lipinski definition) is 6.